The predicted molar refractivity (Wildman–Crippen MR) is 160 cm³/mol. The Balaban J connectivity index is 1.53. The van der Waals surface area contributed by atoms with E-state index in [4.69, 9.17) is 16.3 Å². The highest BCUT2D eigenvalue weighted by atomic mass is 35.5. The molecule has 2 amide bonds. The quantitative estimate of drug-likeness (QED) is 0.403. The van der Waals surface area contributed by atoms with Crippen molar-refractivity contribution >= 4 is 46.8 Å². The maximum Gasteiger partial charge on any atom is 0.311 e. The maximum absolute atomic E-state index is 14.8. The van der Waals surface area contributed by atoms with Crippen molar-refractivity contribution in [2.75, 3.05) is 24.7 Å². The number of anilines is 1. The molecule has 4 aliphatic heterocycles. The number of carbonyl (C=O) groups excluding carboxylic acids is 3. The van der Waals surface area contributed by atoms with Crippen molar-refractivity contribution in [1.29, 1.82) is 0 Å². The zero-order valence-corrected chi connectivity index (χ0v) is 24.4. The maximum atomic E-state index is 14.8. The van der Waals surface area contributed by atoms with Crippen molar-refractivity contribution in [2.45, 2.75) is 48.3 Å². The molecule has 1 unspecified atom stereocenters. The number of aryl methyl sites for hydroxylation is 1. The topological polar surface area (TPSA) is 87.2 Å². The van der Waals surface area contributed by atoms with Crippen LogP contribution in [0.4, 0.5) is 5.69 Å². The smallest absolute Gasteiger partial charge is 0.311 e. The lowest BCUT2D eigenvalue weighted by Crippen LogP contribution is -2.54. The van der Waals surface area contributed by atoms with E-state index in [0.717, 1.165) is 30.4 Å². The fraction of sp³-hybridized carbons (Fsp3) is 0.406. The van der Waals surface area contributed by atoms with Crippen LogP contribution in [-0.2, 0) is 19.1 Å². The number of fused-ring (bicyclic) bond motifs is 2. The molecule has 7 nitrogen and oxygen atoms in total. The first kappa shape index (κ1) is 28.1. The average molecular weight is 593 g/mol. The van der Waals surface area contributed by atoms with Gasteiger partial charge < -0.3 is 19.6 Å². The molecule has 1 spiro atoms. The highest BCUT2D eigenvalue weighted by molar-refractivity contribution is 8.02. The summed E-state index contributed by atoms with van der Waals surface area (Å²) in [7, 11) is 0. The molecule has 4 aliphatic rings. The Kier molecular flexibility index (Phi) is 7.74. The minimum Gasteiger partial charge on any atom is -0.465 e. The number of rotatable bonds is 4. The first-order chi connectivity index (χ1) is 19.9. The van der Waals surface area contributed by atoms with Gasteiger partial charge in [0.15, 0.2) is 0 Å². The first-order valence-electron chi connectivity index (χ1n) is 14.1. The molecular weight excluding hydrogens is 560 g/mol. The number of hydrogen-bond donors (Lipinski definition) is 1. The Hall–Kier alpha value is -3.07. The Morgan fingerprint density at radius 1 is 1.07 bits per heavy atom. The molecule has 0 aliphatic carbocycles. The van der Waals surface area contributed by atoms with Crippen molar-refractivity contribution in [3.63, 3.8) is 0 Å². The van der Waals surface area contributed by atoms with Crippen molar-refractivity contribution < 1.29 is 24.2 Å². The number of likely N-dealkylation sites (tertiary alicyclic amines) is 1. The van der Waals surface area contributed by atoms with Crippen molar-refractivity contribution in [3.8, 4) is 0 Å². The molecule has 0 aromatic heterocycles. The number of aliphatic hydroxyl groups is 1. The van der Waals surface area contributed by atoms with E-state index >= 15 is 0 Å². The molecular formula is C32H33ClN2O5S. The van der Waals surface area contributed by atoms with Gasteiger partial charge in [0.05, 0.1) is 46.5 Å². The van der Waals surface area contributed by atoms with Gasteiger partial charge in [-0.2, -0.15) is 0 Å². The SMILES string of the molecule is Cc1cccc(Cl)c1N1CC=C[C@]23S[C@@H]4/C=C\CCCCOC(=O)[C@@H]4[C@H]2C(=O)N([C@H](CO)c2ccccc2)C3C1=O. The molecule has 0 saturated carbocycles. The van der Waals surface area contributed by atoms with Crippen molar-refractivity contribution in [3.05, 3.63) is 89.0 Å². The Morgan fingerprint density at radius 2 is 1.88 bits per heavy atom. The molecule has 41 heavy (non-hydrogen) atoms. The van der Waals surface area contributed by atoms with Gasteiger partial charge in [-0.3, -0.25) is 14.4 Å². The molecule has 1 N–H and O–H groups in total. The molecule has 0 bridgehead atoms. The first-order valence-corrected chi connectivity index (χ1v) is 15.4. The van der Waals surface area contributed by atoms with Gasteiger partial charge in [0.2, 0.25) is 5.91 Å². The summed E-state index contributed by atoms with van der Waals surface area (Å²) in [6, 6.07) is 13.0. The van der Waals surface area contributed by atoms with Gasteiger partial charge in [0.1, 0.15) is 6.04 Å². The van der Waals surface area contributed by atoms with E-state index in [1.165, 1.54) is 16.7 Å². The van der Waals surface area contributed by atoms with E-state index in [1.807, 2.05) is 67.6 Å². The zero-order valence-electron chi connectivity index (χ0n) is 22.8. The van der Waals surface area contributed by atoms with Crippen LogP contribution in [0.3, 0.4) is 0 Å². The molecule has 0 radical (unpaired) electrons. The van der Waals surface area contributed by atoms with Gasteiger partial charge >= 0.3 is 5.97 Å². The number of cyclic esters (lactones) is 1. The summed E-state index contributed by atoms with van der Waals surface area (Å²) in [6.07, 6.45) is 10.5. The predicted octanol–water partition coefficient (Wildman–Crippen LogP) is 4.87. The molecule has 2 saturated heterocycles. The standard InChI is InChI=1S/C32H33ClN2O5S/c1-20-11-9-14-22(33)27(20)34-17-10-16-32-26(25-24(41-32)15-7-2-3-8-18-40-31(25)39)29(37)35(28(32)30(34)38)23(19-36)21-12-5-4-6-13-21/h4-7,9-16,23-26,28,36H,2-3,8,17-19H2,1H3/b15-7-/t23-,24-,25+,26+,28?,32+/m1/s1. The lowest BCUT2D eigenvalue weighted by Gasteiger charge is -2.39. The number of aliphatic hydroxyl groups excluding tert-OH is 1. The number of amides is 2. The summed E-state index contributed by atoms with van der Waals surface area (Å²) in [4.78, 5) is 46.2. The van der Waals surface area contributed by atoms with Crippen molar-refractivity contribution in [1.82, 2.24) is 4.90 Å². The van der Waals surface area contributed by atoms with Crippen LogP contribution in [0.25, 0.3) is 0 Å². The normalized spacial score (nSPS) is 31.1. The van der Waals surface area contributed by atoms with Gasteiger partial charge in [0, 0.05) is 11.8 Å². The van der Waals surface area contributed by atoms with Gasteiger partial charge in [-0.1, -0.05) is 78.4 Å². The number of benzene rings is 2. The summed E-state index contributed by atoms with van der Waals surface area (Å²) in [5.41, 5.74) is 2.15. The number of esters is 1. The van der Waals surface area contributed by atoms with Gasteiger partial charge in [-0.05, 0) is 43.4 Å². The fourth-order valence-corrected chi connectivity index (χ4v) is 9.20. The van der Waals surface area contributed by atoms with Gasteiger partial charge in [-0.25, -0.2) is 0 Å². The number of hydrogen-bond acceptors (Lipinski definition) is 6. The van der Waals surface area contributed by atoms with E-state index in [2.05, 4.69) is 6.08 Å². The van der Waals surface area contributed by atoms with Gasteiger partial charge in [-0.15, -0.1) is 11.8 Å². The van der Waals surface area contributed by atoms with Crippen LogP contribution in [0, 0.1) is 18.8 Å². The second kappa shape index (κ2) is 11.3. The summed E-state index contributed by atoms with van der Waals surface area (Å²) in [6.45, 7) is 2.10. The number of allylic oxidation sites excluding steroid dienone is 1. The van der Waals surface area contributed by atoms with Crippen LogP contribution in [0.1, 0.15) is 36.4 Å². The highest BCUT2D eigenvalue weighted by Crippen LogP contribution is 2.62. The van der Waals surface area contributed by atoms with Crippen LogP contribution < -0.4 is 4.90 Å². The van der Waals surface area contributed by atoms with Crippen LogP contribution in [0.2, 0.25) is 5.02 Å². The Bertz CT molecular complexity index is 1390. The lowest BCUT2D eigenvalue weighted by atomic mass is 9.78. The Morgan fingerprint density at radius 3 is 2.63 bits per heavy atom. The summed E-state index contributed by atoms with van der Waals surface area (Å²) in [5, 5.41) is 10.8. The van der Waals surface area contributed by atoms with Crippen LogP contribution >= 0.6 is 23.4 Å². The van der Waals surface area contributed by atoms with E-state index in [1.54, 1.807) is 11.0 Å². The summed E-state index contributed by atoms with van der Waals surface area (Å²) < 4.78 is 4.67. The third-order valence-corrected chi connectivity index (χ3v) is 10.7. The van der Waals surface area contributed by atoms with Crippen molar-refractivity contribution in [2.24, 2.45) is 11.8 Å². The molecule has 4 heterocycles. The summed E-state index contributed by atoms with van der Waals surface area (Å²) >= 11 is 8.15. The minimum atomic E-state index is -1.03. The molecule has 214 valence electrons. The number of carbonyl (C=O) groups is 3. The molecule has 6 atom stereocenters. The Labute approximate surface area is 249 Å². The molecule has 6 rings (SSSR count). The van der Waals surface area contributed by atoms with E-state index in [9.17, 15) is 19.5 Å². The van der Waals surface area contributed by atoms with Crippen LogP contribution in [-0.4, -0.2) is 63.6 Å². The summed E-state index contributed by atoms with van der Waals surface area (Å²) in [5.74, 6) is -2.60. The lowest BCUT2D eigenvalue weighted by molar-refractivity contribution is -0.153. The fourth-order valence-electron chi connectivity index (χ4n) is 6.89. The molecule has 2 aromatic rings. The second-order valence-corrected chi connectivity index (χ2v) is 12.9. The van der Waals surface area contributed by atoms with E-state index in [0.29, 0.717) is 17.3 Å². The largest absolute Gasteiger partial charge is 0.465 e. The second-order valence-electron chi connectivity index (χ2n) is 11.0. The monoisotopic (exact) mass is 592 g/mol. The molecule has 2 aromatic carbocycles. The number of nitrogens with zero attached hydrogens (tertiary/aromatic N) is 2. The van der Waals surface area contributed by atoms with E-state index < -0.39 is 34.6 Å². The van der Waals surface area contributed by atoms with Crippen LogP contribution in [0.15, 0.2) is 72.8 Å². The van der Waals surface area contributed by atoms with E-state index in [-0.39, 0.29) is 30.2 Å². The third kappa shape index (κ3) is 4.60. The number of para-hydroxylation sites is 1. The number of ether oxygens (including phenoxy) is 1. The molecule has 9 heteroatoms. The van der Waals surface area contributed by atoms with Gasteiger partial charge in [0.25, 0.3) is 5.91 Å². The molecule has 2 fully saturated rings. The number of thioether (sulfide) groups is 1. The minimum absolute atomic E-state index is 0.266. The van der Waals surface area contributed by atoms with Crippen LogP contribution in [0.5, 0.6) is 0 Å². The zero-order chi connectivity index (χ0) is 28.7. The average Bonchev–Trinajstić information content (AvgIpc) is 3.35. The third-order valence-electron chi connectivity index (χ3n) is 8.69. The highest BCUT2D eigenvalue weighted by Gasteiger charge is 2.72. The number of halogens is 1.